The molecule has 0 atom stereocenters. The minimum absolute atomic E-state index is 0.00499. The van der Waals surface area contributed by atoms with E-state index in [9.17, 15) is 22.8 Å². The largest absolute Gasteiger partial charge is 0.322 e. The molecule has 0 spiro atoms. The van der Waals surface area contributed by atoms with E-state index in [1.165, 1.54) is 41.4 Å². The predicted molar refractivity (Wildman–Crippen MR) is 103 cm³/mol. The average molecular weight is 401 g/mol. The van der Waals surface area contributed by atoms with Gasteiger partial charge in [0.2, 0.25) is 11.8 Å². The monoisotopic (exact) mass is 401 g/mol. The van der Waals surface area contributed by atoms with Crippen LogP contribution in [0.3, 0.4) is 0 Å². The summed E-state index contributed by atoms with van der Waals surface area (Å²) < 4.78 is 23.6. The lowest BCUT2D eigenvalue weighted by Crippen LogP contribution is -2.50. The summed E-state index contributed by atoms with van der Waals surface area (Å²) in [7, 11) is -3.29. The Bertz CT molecular complexity index is 1010. The first kappa shape index (κ1) is 19.6. The molecule has 3 amide bonds. The van der Waals surface area contributed by atoms with Gasteiger partial charge in [0.15, 0.2) is 9.84 Å². The molecule has 0 aromatic heterocycles. The molecule has 1 heterocycles. The van der Waals surface area contributed by atoms with Gasteiger partial charge >= 0.3 is 0 Å². The van der Waals surface area contributed by atoms with E-state index in [1.807, 2.05) is 0 Å². The van der Waals surface area contributed by atoms with E-state index in [-0.39, 0.29) is 41.2 Å². The SMILES string of the molecule is CCS(=O)(=O)c1ccc(NC(=O)c2ccc(N3NC(=O)CCC3=O)cc2)cc1. The number of anilines is 2. The predicted octanol–water partition coefficient (Wildman–Crippen LogP) is 1.89. The zero-order valence-electron chi connectivity index (χ0n) is 15.1. The van der Waals surface area contributed by atoms with Crippen molar-refractivity contribution in [3.05, 3.63) is 54.1 Å². The van der Waals surface area contributed by atoms with E-state index in [2.05, 4.69) is 10.7 Å². The summed E-state index contributed by atoms with van der Waals surface area (Å²) in [4.78, 5) is 36.0. The summed E-state index contributed by atoms with van der Waals surface area (Å²) in [6.07, 6.45) is 0.298. The Hall–Kier alpha value is -3.20. The van der Waals surface area contributed by atoms with Gasteiger partial charge in [-0.15, -0.1) is 0 Å². The summed E-state index contributed by atoms with van der Waals surface area (Å²) in [5, 5.41) is 3.85. The average Bonchev–Trinajstić information content (AvgIpc) is 2.70. The number of nitrogens with one attached hydrogen (secondary N) is 2. The second kappa shape index (κ2) is 7.81. The number of hydrogen-bond donors (Lipinski definition) is 2. The minimum Gasteiger partial charge on any atom is -0.322 e. The van der Waals surface area contributed by atoms with Crippen molar-refractivity contribution in [3.63, 3.8) is 0 Å². The minimum atomic E-state index is -3.29. The maximum Gasteiger partial charge on any atom is 0.255 e. The highest BCUT2D eigenvalue weighted by Crippen LogP contribution is 2.19. The van der Waals surface area contributed by atoms with Gasteiger partial charge in [-0.3, -0.25) is 19.8 Å². The number of amides is 3. The first-order valence-electron chi connectivity index (χ1n) is 8.67. The number of carbonyl (C=O) groups is 3. The second-order valence-electron chi connectivity index (χ2n) is 6.19. The Morgan fingerprint density at radius 3 is 2.29 bits per heavy atom. The van der Waals surface area contributed by atoms with Crippen LogP contribution < -0.4 is 15.8 Å². The molecule has 1 fully saturated rings. The van der Waals surface area contributed by atoms with E-state index >= 15 is 0 Å². The number of hydrazine groups is 1. The van der Waals surface area contributed by atoms with E-state index in [1.54, 1.807) is 19.1 Å². The lowest BCUT2D eigenvalue weighted by molar-refractivity contribution is -0.130. The van der Waals surface area contributed by atoms with E-state index < -0.39 is 9.84 Å². The van der Waals surface area contributed by atoms with Crippen LogP contribution in [-0.4, -0.2) is 31.9 Å². The molecule has 2 aromatic rings. The summed E-state index contributed by atoms with van der Waals surface area (Å²) in [5.41, 5.74) is 3.76. The first-order chi connectivity index (χ1) is 13.3. The van der Waals surface area contributed by atoms with Crippen molar-refractivity contribution in [2.75, 3.05) is 16.1 Å². The van der Waals surface area contributed by atoms with Crippen molar-refractivity contribution >= 4 is 38.9 Å². The van der Waals surface area contributed by atoms with Gasteiger partial charge in [0.1, 0.15) is 0 Å². The van der Waals surface area contributed by atoms with Gasteiger partial charge in [-0.25, -0.2) is 13.4 Å². The molecule has 0 bridgehead atoms. The molecule has 8 nitrogen and oxygen atoms in total. The van der Waals surface area contributed by atoms with Crippen LogP contribution in [0.4, 0.5) is 11.4 Å². The number of hydrogen-bond acceptors (Lipinski definition) is 5. The van der Waals surface area contributed by atoms with Crippen molar-refractivity contribution in [3.8, 4) is 0 Å². The van der Waals surface area contributed by atoms with Gasteiger partial charge in [0.05, 0.1) is 16.3 Å². The van der Waals surface area contributed by atoms with Crippen LogP contribution in [0.25, 0.3) is 0 Å². The van der Waals surface area contributed by atoms with E-state index in [0.717, 1.165) is 0 Å². The quantitative estimate of drug-likeness (QED) is 0.794. The molecule has 0 saturated carbocycles. The van der Waals surface area contributed by atoms with Crippen molar-refractivity contribution in [1.29, 1.82) is 0 Å². The second-order valence-corrected chi connectivity index (χ2v) is 8.47. The molecule has 2 aromatic carbocycles. The van der Waals surface area contributed by atoms with Crippen molar-refractivity contribution < 1.29 is 22.8 Å². The zero-order chi connectivity index (χ0) is 20.3. The maximum atomic E-state index is 12.4. The molecule has 0 unspecified atom stereocenters. The summed E-state index contributed by atoms with van der Waals surface area (Å²) in [6.45, 7) is 1.57. The molecule has 0 radical (unpaired) electrons. The molecule has 1 aliphatic rings. The fourth-order valence-corrected chi connectivity index (χ4v) is 3.55. The summed E-state index contributed by atoms with van der Waals surface area (Å²) in [6, 6.07) is 12.1. The zero-order valence-corrected chi connectivity index (χ0v) is 16.0. The highest BCUT2D eigenvalue weighted by Gasteiger charge is 2.24. The number of benzene rings is 2. The lowest BCUT2D eigenvalue weighted by atomic mass is 10.1. The molecule has 146 valence electrons. The van der Waals surface area contributed by atoms with Crippen molar-refractivity contribution in [2.45, 2.75) is 24.7 Å². The first-order valence-corrected chi connectivity index (χ1v) is 10.3. The van der Waals surface area contributed by atoms with Crippen LogP contribution in [0.1, 0.15) is 30.1 Å². The third-order valence-corrected chi connectivity index (χ3v) is 6.04. The Morgan fingerprint density at radius 2 is 1.68 bits per heavy atom. The Kier molecular flexibility index (Phi) is 5.46. The molecule has 1 saturated heterocycles. The summed E-state index contributed by atoms with van der Waals surface area (Å²) in [5.74, 6) is -0.842. The van der Waals surface area contributed by atoms with Crippen molar-refractivity contribution in [2.24, 2.45) is 0 Å². The molecular formula is C19H19N3O5S. The van der Waals surface area contributed by atoms with Gasteiger partial charge in [-0.1, -0.05) is 6.92 Å². The number of nitrogens with zero attached hydrogens (tertiary/aromatic N) is 1. The third-order valence-electron chi connectivity index (χ3n) is 4.29. The van der Waals surface area contributed by atoms with Gasteiger partial charge in [0.25, 0.3) is 5.91 Å². The van der Waals surface area contributed by atoms with Crippen molar-refractivity contribution in [1.82, 2.24) is 5.43 Å². The number of rotatable bonds is 5. The fraction of sp³-hybridized carbons (Fsp3) is 0.211. The number of sulfone groups is 1. The van der Waals surface area contributed by atoms with Crippen LogP contribution in [0.5, 0.6) is 0 Å². The van der Waals surface area contributed by atoms with Crippen LogP contribution >= 0.6 is 0 Å². The van der Waals surface area contributed by atoms with E-state index in [0.29, 0.717) is 16.9 Å². The number of carbonyl (C=O) groups excluding carboxylic acids is 3. The maximum absolute atomic E-state index is 12.4. The van der Waals surface area contributed by atoms with Crippen LogP contribution in [0, 0.1) is 0 Å². The topological polar surface area (TPSA) is 113 Å². The van der Waals surface area contributed by atoms with Gasteiger partial charge < -0.3 is 5.32 Å². The highest BCUT2D eigenvalue weighted by atomic mass is 32.2. The fourth-order valence-electron chi connectivity index (χ4n) is 2.66. The van der Waals surface area contributed by atoms with Gasteiger partial charge in [-0.2, -0.15) is 0 Å². The third kappa shape index (κ3) is 4.20. The van der Waals surface area contributed by atoms with Crippen LogP contribution in [-0.2, 0) is 19.4 Å². The highest BCUT2D eigenvalue weighted by molar-refractivity contribution is 7.91. The molecule has 1 aliphatic heterocycles. The molecule has 3 rings (SSSR count). The summed E-state index contributed by atoms with van der Waals surface area (Å²) >= 11 is 0. The smallest absolute Gasteiger partial charge is 0.255 e. The Labute approximate surface area is 162 Å². The lowest BCUT2D eigenvalue weighted by Gasteiger charge is -2.27. The molecule has 0 aliphatic carbocycles. The molecule has 9 heteroatoms. The molecule has 2 N–H and O–H groups in total. The van der Waals surface area contributed by atoms with Crippen LogP contribution in [0.2, 0.25) is 0 Å². The van der Waals surface area contributed by atoms with Gasteiger partial charge in [0, 0.05) is 24.1 Å². The normalized spacial score (nSPS) is 14.5. The standard InChI is InChI=1S/C19H19N3O5S/c1-2-28(26,27)16-9-5-14(6-10-16)20-19(25)13-3-7-15(8-4-13)22-18(24)12-11-17(23)21-22/h3-10H,2,11-12H2,1H3,(H,20,25)(H,21,23). The Balaban J connectivity index is 1.70. The molecule has 28 heavy (non-hydrogen) atoms. The van der Waals surface area contributed by atoms with Gasteiger partial charge in [-0.05, 0) is 48.5 Å². The molecular weight excluding hydrogens is 382 g/mol. The van der Waals surface area contributed by atoms with E-state index in [4.69, 9.17) is 0 Å². The van der Waals surface area contributed by atoms with Crippen LogP contribution in [0.15, 0.2) is 53.4 Å². The Morgan fingerprint density at radius 1 is 1.04 bits per heavy atom.